The lowest BCUT2D eigenvalue weighted by Crippen LogP contribution is -2.39. The minimum atomic E-state index is -0.0333. The quantitative estimate of drug-likeness (QED) is 0.847. The number of anilines is 1. The lowest BCUT2D eigenvalue weighted by atomic mass is 9.99. The first-order valence-electron chi connectivity index (χ1n) is 10.6. The Balaban J connectivity index is 1.25. The second-order valence-corrected chi connectivity index (χ2v) is 8.41. The number of benzene rings is 1. The van der Waals surface area contributed by atoms with Gasteiger partial charge in [0.2, 0.25) is 0 Å². The summed E-state index contributed by atoms with van der Waals surface area (Å²) in [7, 11) is 1.84. The van der Waals surface area contributed by atoms with E-state index in [0.717, 1.165) is 72.8 Å². The van der Waals surface area contributed by atoms with Crippen molar-refractivity contribution in [2.24, 2.45) is 0 Å². The third kappa shape index (κ3) is 3.28. The van der Waals surface area contributed by atoms with Gasteiger partial charge in [-0.3, -0.25) is 9.59 Å². The molecule has 5 rings (SSSR count). The highest BCUT2D eigenvalue weighted by Crippen LogP contribution is 2.29. The molecule has 7 heteroatoms. The molecule has 3 aliphatic heterocycles. The molecule has 1 fully saturated rings. The van der Waals surface area contributed by atoms with Crippen molar-refractivity contribution in [3.05, 3.63) is 52.2 Å². The molecule has 0 aliphatic carbocycles. The van der Waals surface area contributed by atoms with Gasteiger partial charge in [0, 0.05) is 45.1 Å². The molecule has 0 atom stereocenters. The van der Waals surface area contributed by atoms with E-state index in [-0.39, 0.29) is 17.9 Å². The van der Waals surface area contributed by atoms with Crippen LogP contribution in [0.3, 0.4) is 0 Å². The van der Waals surface area contributed by atoms with E-state index in [9.17, 15) is 9.59 Å². The monoisotopic (exact) mass is 406 g/mol. The van der Waals surface area contributed by atoms with Gasteiger partial charge >= 0.3 is 0 Å². The Morgan fingerprint density at radius 3 is 2.70 bits per heavy atom. The topological polar surface area (TPSA) is 74.8 Å². The number of amides is 2. The summed E-state index contributed by atoms with van der Waals surface area (Å²) in [5.74, 6) is 1.77. The van der Waals surface area contributed by atoms with Crippen LogP contribution in [-0.4, -0.2) is 54.5 Å². The van der Waals surface area contributed by atoms with Crippen LogP contribution in [-0.2, 0) is 13.0 Å². The van der Waals surface area contributed by atoms with Crippen LogP contribution in [0, 0.1) is 6.92 Å². The second-order valence-electron chi connectivity index (χ2n) is 8.41. The van der Waals surface area contributed by atoms with Gasteiger partial charge in [-0.15, -0.1) is 0 Å². The maximum atomic E-state index is 12.4. The number of ether oxygens (including phenoxy) is 1. The highest BCUT2D eigenvalue weighted by atomic mass is 16.5. The average molecular weight is 406 g/mol. The molecule has 2 aromatic rings. The molecule has 1 aromatic heterocycles. The Morgan fingerprint density at radius 1 is 1.10 bits per heavy atom. The predicted octanol–water partition coefficient (Wildman–Crippen LogP) is 2.31. The van der Waals surface area contributed by atoms with Gasteiger partial charge < -0.3 is 19.9 Å². The summed E-state index contributed by atoms with van der Waals surface area (Å²) in [6.07, 6.45) is 2.79. The number of hydrogen-bond acceptors (Lipinski definition) is 5. The summed E-state index contributed by atoms with van der Waals surface area (Å²) in [6.45, 7) is 4.99. The molecule has 156 valence electrons. The van der Waals surface area contributed by atoms with Crippen molar-refractivity contribution in [1.29, 1.82) is 0 Å². The van der Waals surface area contributed by atoms with Crippen LogP contribution in [0.5, 0.6) is 5.75 Å². The van der Waals surface area contributed by atoms with E-state index >= 15 is 0 Å². The van der Waals surface area contributed by atoms with E-state index in [0.29, 0.717) is 12.1 Å². The number of nitrogens with one attached hydrogen (secondary N) is 1. The number of hydrogen-bond donors (Lipinski definition) is 1. The standard InChI is InChI=1S/C23H26N4O3/c1-14-11-19-20(13-24-22(19)28)25-21(14)27-9-6-16(7-10-27)30-17-4-3-15-5-8-26(2)23(29)18(15)12-17/h3-4,11-12,16H,5-10,13H2,1-2H3,(H,24,28). The highest BCUT2D eigenvalue weighted by molar-refractivity contribution is 5.98. The summed E-state index contributed by atoms with van der Waals surface area (Å²) in [4.78, 5) is 33.1. The molecule has 1 N–H and O–H groups in total. The summed E-state index contributed by atoms with van der Waals surface area (Å²) in [5.41, 5.74) is 4.43. The van der Waals surface area contributed by atoms with Crippen molar-refractivity contribution in [1.82, 2.24) is 15.2 Å². The van der Waals surface area contributed by atoms with Crippen molar-refractivity contribution in [2.75, 3.05) is 31.6 Å². The first kappa shape index (κ1) is 18.9. The zero-order valence-corrected chi connectivity index (χ0v) is 17.4. The Bertz CT molecular complexity index is 1030. The number of aryl methyl sites for hydroxylation is 1. The maximum absolute atomic E-state index is 12.4. The first-order valence-corrected chi connectivity index (χ1v) is 10.6. The maximum Gasteiger partial charge on any atom is 0.254 e. The largest absolute Gasteiger partial charge is 0.490 e. The van der Waals surface area contributed by atoms with E-state index < -0.39 is 0 Å². The summed E-state index contributed by atoms with van der Waals surface area (Å²) >= 11 is 0. The van der Waals surface area contributed by atoms with Crippen LogP contribution < -0.4 is 15.0 Å². The lowest BCUT2D eigenvalue weighted by molar-refractivity contribution is 0.0779. The molecule has 3 aliphatic rings. The number of pyridine rings is 1. The molecule has 1 aromatic carbocycles. The van der Waals surface area contributed by atoms with Crippen LogP contribution in [0.4, 0.5) is 5.82 Å². The van der Waals surface area contributed by atoms with Gasteiger partial charge in [0.15, 0.2) is 0 Å². The molecule has 1 saturated heterocycles. The van der Waals surface area contributed by atoms with E-state index in [1.54, 1.807) is 4.90 Å². The van der Waals surface area contributed by atoms with Crippen molar-refractivity contribution in [3.8, 4) is 5.75 Å². The molecule has 7 nitrogen and oxygen atoms in total. The fraction of sp³-hybridized carbons (Fsp3) is 0.435. The number of carbonyl (C=O) groups is 2. The third-order valence-electron chi connectivity index (χ3n) is 6.35. The molecule has 30 heavy (non-hydrogen) atoms. The summed E-state index contributed by atoms with van der Waals surface area (Å²) in [5, 5.41) is 2.84. The van der Waals surface area contributed by atoms with Gasteiger partial charge in [-0.2, -0.15) is 0 Å². The molecule has 0 bridgehead atoms. The van der Waals surface area contributed by atoms with Crippen molar-refractivity contribution >= 4 is 17.6 Å². The van der Waals surface area contributed by atoms with Crippen LogP contribution in [0.15, 0.2) is 24.3 Å². The molecule has 0 unspecified atom stereocenters. The normalized spacial score (nSPS) is 18.9. The summed E-state index contributed by atoms with van der Waals surface area (Å²) < 4.78 is 6.24. The molecule has 2 amide bonds. The fourth-order valence-corrected chi connectivity index (χ4v) is 4.57. The van der Waals surface area contributed by atoms with Crippen molar-refractivity contribution < 1.29 is 14.3 Å². The van der Waals surface area contributed by atoms with Crippen LogP contribution in [0.1, 0.15) is 50.4 Å². The van der Waals surface area contributed by atoms with E-state index in [2.05, 4.69) is 10.2 Å². The van der Waals surface area contributed by atoms with Crippen molar-refractivity contribution in [2.45, 2.75) is 38.8 Å². The molecule has 0 spiro atoms. The predicted molar refractivity (Wildman–Crippen MR) is 113 cm³/mol. The number of carbonyl (C=O) groups excluding carboxylic acids is 2. The van der Waals surface area contributed by atoms with Crippen LogP contribution in [0.2, 0.25) is 0 Å². The van der Waals surface area contributed by atoms with Crippen LogP contribution in [0.25, 0.3) is 0 Å². The van der Waals surface area contributed by atoms with E-state index in [4.69, 9.17) is 9.72 Å². The smallest absolute Gasteiger partial charge is 0.254 e. The highest BCUT2D eigenvalue weighted by Gasteiger charge is 2.27. The fourth-order valence-electron chi connectivity index (χ4n) is 4.57. The Labute approximate surface area is 176 Å². The lowest BCUT2D eigenvalue weighted by Gasteiger charge is -2.34. The van der Waals surface area contributed by atoms with Crippen molar-refractivity contribution in [3.63, 3.8) is 0 Å². The zero-order chi connectivity index (χ0) is 20.8. The minimum Gasteiger partial charge on any atom is -0.490 e. The average Bonchev–Trinajstić information content (AvgIpc) is 3.11. The van der Waals surface area contributed by atoms with Gasteiger partial charge in [-0.1, -0.05) is 6.07 Å². The zero-order valence-electron chi connectivity index (χ0n) is 17.4. The molecular weight excluding hydrogens is 380 g/mol. The molecule has 4 heterocycles. The number of likely N-dealkylation sites (N-methyl/N-ethyl adjacent to an activating group) is 1. The minimum absolute atomic E-state index is 0.0333. The molecular formula is C23H26N4O3. The van der Waals surface area contributed by atoms with E-state index in [1.165, 1.54) is 0 Å². The Kier molecular flexibility index (Phi) is 4.60. The second kappa shape index (κ2) is 7.31. The number of nitrogens with zero attached hydrogens (tertiary/aromatic N) is 3. The number of piperidine rings is 1. The molecule has 0 saturated carbocycles. The van der Waals surface area contributed by atoms with Gasteiger partial charge in [0.05, 0.1) is 17.8 Å². The van der Waals surface area contributed by atoms with Gasteiger partial charge in [-0.25, -0.2) is 4.98 Å². The third-order valence-corrected chi connectivity index (χ3v) is 6.35. The van der Waals surface area contributed by atoms with Gasteiger partial charge in [-0.05, 0) is 42.7 Å². The van der Waals surface area contributed by atoms with Crippen LogP contribution >= 0.6 is 0 Å². The molecule has 0 radical (unpaired) electrons. The SMILES string of the molecule is Cc1cc2c(nc1N1CCC(Oc3ccc4c(c3)C(=O)N(C)CC4)CC1)CNC2=O. The van der Waals surface area contributed by atoms with Gasteiger partial charge in [0.1, 0.15) is 17.7 Å². The number of aromatic nitrogens is 1. The first-order chi connectivity index (χ1) is 14.5. The number of rotatable bonds is 3. The van der Waals surface area contributed by atoms with Gasteiger partial charge in [0.25, 0.3) is 11.8 Å². The number of fused-ring (bicyclic) bond motifs is 2. The summed E-state index contributed by atoms with van der Waals surface area (Å²) in [6, 6.07) is 7.86. The Hall–Kier alpha value is -3.09. The Morgan fingerprint density at radius 2 is 1.90 bits per heavy atom. The van der Waals surface area contributed by atoms with E-state index in [1.807, 2.05) is 38.2 Å².